The highest BCUT2D eigenvalue weighted by molar-refractivity contribution is 8.00. The van der Waals surface area contributed by atoms with Crippen LogP contribution in [0.5, 0.6) is 0 Å². The summed E-state index contributed by atoms with van der Waals surface area (Å²) in [6.45, 7) is 10.5. The third-order valence-corrected chi connectivity index (χ3v) is 4.75. The van der Waals surface area contributed by atoms with Gasteiger partial charge in [-0.25, -0.2) is 4.79 Å². The van der Waals surface area contributed by atoms with Crippen molar-refractivity contribution in [3.8, 4) is 0 Å². The minimum atomic E-state index is -1.58. The van der Waals surface area contributed by atoms with Crippen LogP contribution in [0, 0.1) is 0 Å². The van der Waals surface area contributed by atoms with Gasteiger partial charge >= 0.3 is 5.97 Å². The Balaban J connectivity index is 3.15. The SMILES string of the molecule is CC(C)Sc1cc([Si](C)(C)C)oc1C(=O)O. The van der Waals surface area contributed by atoms with Crippen molar-refractivity contribution in [3.63, 3.8) is 0 Å². The maximum Gasteiger partial charge on any atom is 0.372 e. The largest absolute Gasteiger partial charge is 0.475 e. The number of carboxylic acid groups (broad SMARTS) is 1. The summed E-state index contributed by atoms with van der Waals surface area (Å²) >= 11 is 1.54. The first-order chi connectivity index (χ1) is 7.21. The number of hydrogen-bond donors (Lipinski definition) is 1. The van der Waals surface area contributed by atoms with Gasteiger partial charge in [0.25, 0.3) is 0 Å². The van der Waals surface area contributed by atoms with E-state index in [-0.39, 0.29) is 5.76 Å². The summed E-state index contributed by atoms with van der Waals surface area (Å²) in [7, 11) is -1.58. The van der Waals surface area contributed by atoms with Crippen molar-refractivity contribution in [2.24, 2.45) is 0 Å². The van der Waals surface area contributed by atoms with Crippen LogP contribution in [0.1, 0.15) is 24.4 Å². The van der Waals surface area contributed by atoms with Crippen LogP contribution in [-0.4, -0.2) is 24.4 Å². The van der Waals surface area contributed by atoms with Crippen LogP contribution in [0.15, 0.2) is 15.4 Å². The van der Waals surface area contributed by atoms with E-state index in [0.29, 0.717) is 5.25 Å². The first-order valence-electron chi connectivity index (χ1n) is 5.26. The molecule has 0 aliphatic carbocycles. The average molecular weight is 258 g/mol. The lowest BCUT2D eigenvalue weighted by Crippen LogP contribution is -2.36. The van der Waals surface area contributed by atoms with Gasteiger partial charge in [-0.05, 0) is 6.07 Å². The van der Waals surface area contributed by atoms with Gasteiger partial charge < -0.3 is 9.52 Å². The van der Waals surface area contributed by atoms with Gasteiger partial charge in [0.2, 0.25) is 5.76 Å². The van der Waals surface area contributed by atoms with Crippen LogP contribution in [0.4, 0.5) is 0 Å². The summed E-state index contributed by atoms with van der Waals surface area (Å²) in [6.07, 6.45) is 0. The van der Waals surface area contributed by atoms with Crippen LogP contribution < -0.4 is 5.38 Å². The van der Waals surface area contributed by atoms with Gasteiger partial charge in [0, 0.05) is 5.25 Å². The monoisotopic (exact) mass is 258 g/mol. The molecule has 0 aromatic carbocycles. The van der Waals surface area contributed by atoms with E-state index in [9.17, 15) is 4.79 Å². The molecule has 1 N–H and O–H groups in total. The zero-order chi connectivity index (χ0) is 12.5. The van der Waals surface area contributed by atoms with Gasteiger partial charge in [-0.2, -0.15) is 0 Å². The fourth-order valence-corrected chi connectivity index (χ4v) is 3.24. The molecule has 0 aliphatic heterocycles. The number of thioether (sulfide) groups is 1. The van der Waals surface area contributed by atoms with Crippen molar-refractivity contribution in [1.82, 2.24) is 0 Å². The number of carboxylic acids is 1. The van der Waals surface area contributed by atoms with E-state index in [0.717, 1.165) is 10.3 Å². The average Bonchev–Trinajstić information content (AvgIpc) is 2.45. The zero-order valence-corrected chi connectivity index (χ0v) is 12.1. The van der Waals surface area contributed by atoms with Gasteiger partial charge in [-0.1, -0.05) is 33.5 Å². The fourth-order valence-electron chi connectivity index (χ4n) is 1.23. The molecule has 1 heterocycles. The van der Waals surface area contributed by atoms with Crippen molar-refractivity contribution in [2.75, 3.05) is 0 Å². The number of hydrogen-bond acceptors (Lipinski definition) is 3. The molecular weight excluding hydrogens is 240 g/mol. The van der Waals surface area contributed by atoms with E-state index in [1.807, 2.05) is 19.9 Å². The maximum atomic E-state index is 11.1. The van der Waals surface area contributed by atoms with Gasteiger partial charge in [0.05, 0.1) is 10.3 Å². The van der Waals surface area contributed by atoms with E-state index in [2.05, 4.69) is 19.6 Å². The van der Waals surface area contributed by atoms with Crippen LogP contribution in [0.25, 0.3) is 0 Å². The molecule has 0 amide bonds. The van der Waals surface area contributed by atoms with Crippen LogP contribution in [0.2, 0.25) is 19.6 Å². The minimum Gasteiger partial charge on any atom is -0.475 e. The molecule has 0 fully saturated rings. The Labute approximate surface area is 101 Å². The van der Waals surface area contributed by atoms with Crippen molar-refractivity contribution in [2.45, 2.75) is 43.6 Å². The second-order valence-electron chi connectivity index (χ2n) is 5.03. The van der Waals surface area contributed by atoms with Crippen molar-refractivity contribution in [3.05, 3.63) is 11.8 Å². The molecule has 5 heteroatoms. The highest BCUT2D eigenvalue weighted by atomic mass is 32.2. The molecule has 0 aliphatic rings. The lowest BCUT2D eigenvalue weighted by molar-refractivity contribution is 0.0659. The summed E-state index contributed by atoms with van der Waals surface area (Å²) < 4.78 is 5.48. The molecule has 0 spiro atoms. The number of carbonyl (C=O) groups is 1. The fraction of sp³-hybridized carbons (Fsp3) is 0.545. The van der Waals surface area contributed by atoms with Crippen LogP contribution >= 0.6 is 11.8 Å². The van der Waals surface area contributed by atoms with Gasteiger partial charge in [-0.15, -0.1) is 11.8 Å². The Morgan fingerprint density at radius 2 is 2.00 bits per heavy atom. The highest BCUT2D eigenvalue weighted by Gasteiger charge is 2.26. The smallest absolute Gasteiger partial charge is 0.372 e. The topological polar surface area (TPSA) is 50.4 Å². The summed E-state index contributed by atoms with van der Waals surface area (Å²) in [5, 5.41) is 10.3. The molecule has 0 bridgehead atoms. The van der Waals surface area contributed by atoms with Crippen LogP contribution in [0.3, 0.4) is 0 Å². The molecule has 0 radical (unpaired) electrons. The molecule has 0 saturated carbocycles. The van der Waals surface area contributed by atoms with E-state index >= 15 is 0 Å². The van der Waals surface area contributed by atoms with E-state index < -0.39 is 14.0 Å². The molecule has 3 nitrogen and oxygen atoms in total. The molecule has 16 heavy (non-hydrogen) atoms. The molecule has 0 atom stereocenters. The van der Waals surface area contributed by atoms with E-state index in [4.69, 9.17) is 9.52 Å². The Kier molecular flexibility index (Phi) is 3.91. The van der Waals surface area contributed by atoms with Gasteiger partial charge in [-0.3, -0.25) is 0 Å². The second-order valence-corrected chi connectivity index (χ2v) is 11.6. The predicted octanol–water partition coefficient (Wildman–Crippen LogP) is 3.02. The van der Waals surface area contributed by atoms with Gasteiger partial charge in [0.1, 0.15) is 8.07 Å². The van der Waals surface area contributed by atoms with E-state index in [1.165, 1.54) is 11.8 Å². The van der Waals surface area contributed by atoms with Crippen LogP contribution in [-0.2, 0) is 0 Å². The number of furan rings is 1. The summed E-state index contributed by atoms with van der Waals surface area (Å²) in [4.78, 5) is 11.8. The second kappa shape index (κ2) is 4.67. The Morgan fingerprint density at radius 1 is 1.44 bits per heavy atom. The summed E-state index contributed by atoms with van der Waals surface area (Å²) in [5.74, 6) is -0.885. The number of rotatable bonds is 4. The standard InChI is InChI=1S/C11H18O3SSi/c1-7(2)15-8-6-9(16(3,4)5)14-10(8)11(12)13/h6-7H,1-5H3,(H,12,13). The molecule has 90 valence electrons. The lowest BCUT2D eigenvalue weighted by Gasteiger charge is -2.10. The van der Waals surface area contributed by atoms with Crippen molar-refractivity contribution < 1.29 is 14.3 Å². The first-order valence-corrected chi connectivity index (χ1v) is 9.64. The normalized spacial score (nSPS) is 12.1. The molecule has 0 saturated heterocycles. The first kappa shape index (κ1) is 13.4. The quantitative estimate of drug-likeness (QED) is 0.666. The third kappa shape index (κ3) is 3.15. The summed E-state index contributed by atoms with van der Waals surface area (Å²) in [5.41, 5.74) is 0. The molecule has 1 rings (SSSR count). The third-order valence-electron chi connectivity index (χ3n) is 1.99. The van der Waals surface area contributed by atoms with Gasteiger partial charge in [0.15, 0.2) is 0 Å². The minimum absolute atomic E-state index is 0.0936. The maximum absolute atomic E-state index is 11.1. The molecule has 0 unspecified atom stereocenters. The van der Waals surface area contributed by atoms with Crippen molar-refractivity contribution >= 4 is 31.2 Å². The predicted molar refractivity (Wildman–Crippen MR) is 69.6 cm³/mol. The zero-order valence-electron chi connectivity index (χ0n) is 10.3. The van der Waals surface area contributed by atoms with E-state index in [1.54, 1.807) is 0 Å². The molecule has 1 aromatic rings. The summed E-state index contributed by atoms with van der Waals surface area (Å²) in [6, 6.07) is 1.90. The Hall–Kier alpha value is -0.683. The highest BCUT2D eigenvalue weighted by Crippen LogP contribution is 2.28. The Morgan fingerprint density at radius 3 is 2.38 bits per heavy atom. The molecule has 1 aromatic heterocycles. The number of aromatic carboxylic acids is 1. The van der Waals surface area contributed by atoms with Crippen molar-refractivity contribution in [1.29, 1.82) is 0 Å². The Bertz CT molecular complexity index is 390. The lowest BCUT2D eigenvalue weighted by atomic mass is 10.4. The molecular formula is C11H18O3SSi.